The maximum absolute atomic E-state index is 12.2. The number of carbonyl (C=O) groups excluding carboxylic acids is 1. The molecule has 0 spiro atoms. The van der Waals surface area contributed by atoms with Gasteiger partial charge in [0.15, 0.2) is 0 Å². The molecule has 1 atom stereocenters. The average molecular weight is 283 g/mol. The summed E-state index contributed by atoms with van der Waals surface area (Å²) in [6.07, 6.45) is 0. The van der Waals surface area contributed by atoms with Crippen molar-refractivity contribution in [2.75, 3.05) is 0 Å². The van der Waals surface area contributed by atoms with Crippen molar-refractivity contribution in [1.82, 2.24) is 5.48 Å². The molecule has 0 fully saturated rings. The number of hydroxylamine groups is 1. The van der Waals surface area contributed by atoms with Crippen LogP contribution in [-0.2, 0) is 4.84 Å². The van der Waals surface area contributed by atoms with E-state index in [0.717, 1.165) is 22.3 Å². The van der Waals surface area contributed by atoms with E-state index >= 15 is 0 Å². The monoisotopic (exact) mass is 283 g/mol. The second kappa shape index (κ2) is 6.55. The minimum atomic E-state index is -0.340. The van der Waals surface area contributed by atoms with Crippen molar-refractivity contribution in [3.63, 3.8) is 0 Å². The number of benzene rings is 2. The van der Waals surface area contributed by atoms with E-state index in [1.165, 1.54) is 0 Å². The molecule has 0 bridgehead atoms. The van der Waals surface area contributed by atoms with Gasteiger partial charge in [-0.3, -0.25) is 0 Å². The zero-order valence-corrected chi connectivity index (χ0v) is 12.9. The molecule has 1 N–H and O–H groups in total. The van der Waals surface area contributed by atoms with Gasteiger partial charge in [0.1, 0.15) is 0 Å². The van der Waals surface area contributed by atoms with Crippen molar-refractivity contribution in [3.05, 3.63) is 70.3 Å². The van der Waals surface area contributed by atoms with Crippen LogP contribution >= 0.6 is 0 Å². The third-order valence-electron chi connectivity index (χ3n) is 3.51. The Labute approximate surface area is 125 Å². The van der Waals surface area contributed by atoms with Gasteiger partial charge in [0, 0.05) is 0 Å². The van der Waals surface area contributed by atoms with E-state index in [2.05, 4.69) is 5.48 Å². The fourth-order valence-corrected chi connectivity index (χ4v) is 2.50. The van der Waals surface area contributed by atoms with Crippen molar-refractivity contribution in [2.24, 2.45) is 0 Å². The van der Waals surface area contributed by atoms with E-state index < -0.39 is 0 Å². The Morgan fingerprint density at radius 2 is 1.62 bits per heavy atom. The van der Waals surface area contributed by atoms with E-state index in [4.69, 9.17) is 4.84 Å². The molecular formula is C18H21NO2. The summed E-state index contributed by atoms with van der Waals surface area (Å²) in [7, 11) is 0. The van der Waals surface area contributed by atoms with Crippen LogP contribution in [0.3, 0.4) is 0 Å². The first-order valence-corrected chi connectivity index (χ1v) is 7.08. The first-order chi connectivity index (χ1) is 9.99. The van der Waals surface area contributed by atoms with Crippen LogP contribution in [0.1, 0.15) is 45.6 Å². The highest BCUT2D eigenvalue weighted by Crippen LogP contribution is 2.18. The Balaban J connectivity index is 2.06. The molecule has 110 valence electrons. The second-order valence-electron chi connectivity index (χ2n) is 5.41. The molecule has 3 nitrogen and oxygen atoms in total. The Hall–Kier alpha value is -2.13. The summed E-state index contributed by atoms with van der Waals surface area (Å²) >= 11 is 0. The van der Waals surface area contributed by atoms with Gasteiger partial charge >= 0.3 is 5.97 Å². The standard InChI is InChI=1S/C18H21NO2/c1-12-10-13(2)17(14(3)11-12)18(20)21-19-15(4)16-8-6-5-7-9-16/h5-11,15,19H,1-4H3/t15-/m0/s1. The lowest BCUT2D eigenvalue weighted by Crippen LogP contribution is -2.24. The maximum Gasteiger partial charge on any atom is 0.357 e. The summed E-state index contributed by atoms with van der Waals surface area (Å²) in [5.74, 6) is -0.340. The SMILES string of the molecule is Cc1cc(C)c(C(=O)ON[C@@H](C)c2ccccc2)c(C)c1. The van der Waals surface area contributed by atoms with E-state index in [-0.39, 0.29) is 12.0 Å². The highest BCUT2D eigenvalue weighted by atomic mass is 16.7. The molecule has 0 heterocycles. The highest BCUT2D eigenvalue weighted by Gasteiger charge is 2.16. The normalized spacial score (nSPS) is 12.0. The van der Waals surface area contributed by atoms with Crippen LogP contribution in [0.25, 0.3) is 0 Å². The van der Waals surface area contributed by atoms with Gasteiger partial charge in [-0.05, 0) is 44.4 Å². The van der Waals surface area contributed by atoms with Crippen molar-refractivity contribution >= 4 is 5.97 Å². The molecule has 2 aromatic carbocycles. The van der Waals surface area contributed by atoms with Gasteiger partial charge in [-0.1, -0.05) is 48.0 Å². The molecular weight excluding hydrogens is 262 g/mol. The quantitative estimate of drug-likeness (QED) is 0.861. The fraction of sp³-hybridized carbons (Fsp3) is 0.278. The van der Waals surface area contributed by atoms with Crippen LogP contribution < -0.4 is 5.48 Å². The molecule has 0 saturated heterocycles. The summed E-state index contributed by atoms with van der Waals surface area (Å²) in [6.45, 7) is 7.83. The number of nitrogens with one attached hydrogen (secondary N) is 1. The summed E-state index contributed by atoms with van der Waals surface area (Å²) in [5, 5.41) is 0. The number of hydrogen-bond acceptors (Lipinski definition) is 3. The molecule has 0 aliphatic rings. The fourth-order valence-electron chi connectivity index (χ4n) is 2.50. The first kappa shape index (κ1) is 15.3. The predicted molar refractivity (Wildman–Crippen MR) is 84.1 cm³/mol. The Kier molecular flexibility index (Phi) is 4.76. The molecule has 0 radical (unpaired) electrons. The van der Waals surface area contributed by atoms with Gasteiger partial charge in [-0.25, -0.2) is 4.79 Å². The lowest BCUT2D eigenvalue weighted by Gasteiger charge is -2.15. The zero-order chi connectivity index (χ0) is 15.4. The molecule has 3 heteroatoms. The Morgan fingerprint density at radius 1 is 1.05 bits per heavy atom. The summed E-state index contributed by atoms with van der Waals surface area (Å²) in [5.41, 5.74) is 7.54. The third kappa shape index (κ3) is 3.70. The van der Waals surface area contributed by atoms with Crippen LogP contribution in [-0.4, -0.2) is 5.97 Å². The lowest BCUT2D eigenvalue weighted by atomic mass is 10.0. The van der Waals surface area contributed by atoms with Crippen LogP contribution in [0.15, 0.2) is 42.5 Å². The Morgan fingerprint density at radius 3 is 2.19 bits per heavy atom. The van der Waals surface area contributed by atoms with Gasteiger partial charge in [-0.2, -0.15) is 0 Å². The zero-order valence-electron chi connectivity index (χ0n) is 12.9. The first-order valence-electron chi connectivity index (χ1n) is 7.08. The van der Waals surface area contributed by atoms with E-state index in [1.807, 2.05) is 70.2 Å². The van der Waals surface area contributed by atoms with Crippen molar-refractivity contribution in [3.8, 4) is 0 Å². The molecule has 0 saturated carbocycles. The van der Waals surface area contributed by atoms with E-state index in [0.29, 0.717) is 5.56 Å². The molecule has 0 aliphatic carbocycles. The number of hydrogen-bond donors (Lipinski definition) is 1. The lowest BCUT2D eigenvalue weighted by molar-refractivity contribution is 0.0168. The average Bonchev–Trinajstić information content (AvgIpc) is 2.44. The van der Waals surface area contributed by atoms with Gasteiger partial charge in [0.25, 0.3) is 0 Å². The molecule has 0 unspecified atom stereocenters. The van der Waals surface area contributed by atoms with Gasteiger partial charge in [0.2, 0.25) is 0 Å². The van der Waals surface area contributed by atoms with Crippen molar-refractivity contribution < 1.29 is 9.63 Å². The maximum atomic E-state index is 12.2. The van der Waals surface area contributed by atoms with Crippen molar-refractivity contribution in [2.45, 2.75) is 33.7 Å². The van der Waals surface area contributed by atoms with Crippen LogP contribution in [0.5, 0.6) is 0 Å². The molecule has 21 heavy (non-hydrogen) atoms. The number of carbonyl (C=O) groups is 1. The highest BCUT2D eigenvalue weighted by molar-refractivity contribution is 5.92. The minimum Gasteiger partial charge on any atom is -0.366 e. The van der Waals surface area contributed by atoms with Gasteiger partial charge < -0.3 is 4.84 Å². The summed E-state index contributed by atoms with van der Waals surface area (Å²) < 4.78 is 0. The minimum absolute atomic E-state index is 0.0544. The van der Waals surface area contributed by atoms with Crippen LogP contribution in [0.2, 0.25) is 0 Å². The second-order valence-corrected chi connectivity index (χ2v) is 5.41. The van der Waals surface area contributed by atoms with Gasteiger partial charge in [0.05, 0.1) is 11.6 Å². The van der Waals surface area contributed by atoms with E-state index in [1.54, 1.807) is 0 Å². The van der Waals surface area contributed by atoms with Crippen LogP contribution in [0.4, 0.5) is 0 Å². The topological polar surface area (TPSA) is 38.3 Å². The van der Waals surface area contributed by atoms with E-state index in [9.17, 15) is 4.79 Å². The molecule has 0 amide bonds. The predicted octanol–water partition coefficient (Wildman–Crippen LogP) is 4.03. The largest absolute Gasteiger partial charge is 0.366 e. The number of rotatable bonds is 4. The smallest absolute Gasteiger partial charge is 0.357 e. The molecule has 0 aromatic heterocycles. The summed E-state index contributed by atoms with van der Waals surface area (Å²) in [4.78, 5) is 17.5. The Bertz CT molecular complexity index is 612. The molecule has 2 aromatic rings. The molecule has 2 rings (SSSR count). The molecule has 0 aliphatic heterocycles. The number of aryl methyl sites for hydroxylation is 3. The van der Waals surface area contributed by atoms with Gasteiger partial charge in [-0.15, -0.1) is 5.48 Å². The van der Waals surface area contributed by atoms with Crippen molar-refractivity contribution in [1.29, 1.82) is 0 Å². The van der Waals surface area contributed by atoms with Crippen LogP contribution in [0, 0.1) is 20.8 Å². The third-order valence-corrected chi connectivity index (χ3v) is 3.51. The summed E-state index contributed by atoms with van der Waals surface area (Å²) in [6, 6.07) is 13.8.